The molecule has 5 atom stereocenters. The van der Waals surface area contributed by atoms with Crippen molar-refractivity contribution in [2.45, 2.75) is 67.7 Å². The lowest BCUT2D eigenvalue weighted by Gasteiger charge is -2.64. The van der Waals surface area contributed by atoms with Crippen LogP contribution in [0.1, 0.15) is 43.2 Å². The van der Waals surface area contributed by atoms with Crippen molar-refractivity contribution in [1.29, 1.82) is 0 Å². The van der Waals surface area contributed by atoms with Crippen molar-refractivity contribution in [3.05, 3.63) is 35.4 Å². The summed E-state index contributed by atoms with van der Waals surface area (Å²) in [4.78, 5) is 28.9. The molecule has 0 radical (unpaired) electrons. The van der Waals surface area contributed by atoms with E-state index in [4.69, 9.17) is 4.74 Å². The standard InChI is InChI=1S/C24H26N2O5/c27-16-4-3-14-11-17-24(30)8-7-15(26-18(28)5-6-19(26)29)22-23(24,20(14)21(16)31-22)9-10-25(17)12-13-1-2-13/h3-6,13,15,17,22,27,30H,1-2,7-12H2/t15-,17-,22-,23+,24-/m1/s1. The molecular formula is C24H26N2O5. The Bertz CT molecular complexity index is 1050. The fourth-order valence-corrected chi connectivity index (χ4v) is 7.46. The van der Waals surface area contributed by atoms with Crippen molar-refractivity contribution in [3.8, 4) is 11.5 Å². The van der Waals surface area contributed by atoms with Gasteiger partial charge in [0.15, 0.2) is 11.5 Å². The number of phenolic OH excluding ortho intramolecular Hbond substituents is 1. The van der Waals surface area contributed by atoms with Gasteiger partial charge in [-0.15, -0.1) is 0 Å². The third-order valence-electron chi connectivity index (χ3n) is 8.91. The van der Waals surface area contributed by atoms with E-state index in [1.165, 1.54) is 29.9 Å². The van der Waals surface area contributed by atoms with E-state index in [0.717, 1.165) is 36.6 Å². The normalized spacial score (nSPS) is 40.3. The lowest BCUT2D eigenvalue weighted by atomic mass is 9.48. The summed E-state index contributed by atoms with van der Waals surface area (Å²) in [5.41, 5.74) is 0.306. The van der Waals surface area contributed by atoms with Gasteiger partial charge in [0.05, 0.1) is 17.1 Å². The van der Waals surface area contributed by atoms with Gasteiger partial charge < -0.3 is 14.9 Å². The Balaban J connectivity index is 1.40. The van der Waals surface area contributed by atoms with Crippen LogP contribution in [0.4, 0.5) is 0 Å². The Morgan fingerprint density at radius 2 is 1.87 bits per heavy atom. The maximum Gasteiger partial charge on any atom is 0.254 e. The summed E-state index contributed by atoms with van der Waals surface area (Å²) >= 11 is 0. The van der Waals surface area contributed by atoms with Crippen molar-refractivity contribution < 1.29 is 24.5 Å². The number of hydrogen-bond donors (Lipinski definition) is 2. The highest BCUT2D eigenvalue weighted by atomic mass is 16.5. The number of nitrogens with zero attached hydrogens (tertiary/aromatic N) is 2. The third kappa shape index (κ3) is 2.07. The molecule has 6 aliphatic rings. The maximum atomic E-state index is 12.5. The summed E-state index contributed by atoms with van der Waals surface area (Å²) in [6.07, 6.45) is 7.05. The first-order valence-corrected chi connectivity index (χ1v) is 11.5. The molecule has 2 N–H and O–H groups in total. The van der Waals surface area contributed by atoms with Crippen LogP contribution < -0.4 is 4.74 Å². The number of benzene rings is 1. The van der Waals surface area contributed by atoms with Gasteiger partial charge >= 0.3 is 0 Å². The highest BCUT2D eigenvalue weighted by Gasteiger charge is 2.74. The maximum absolute atomic E-state index is 12.5. The highest BCUT2D eigenvalue weighted by Crippen LogP contribution is 2.66. The molecule has 1 spiro atoms. The van der Waals surface area contributed by atoms with E-state index < -0.39 is 23.2 Å². The van der Waals surface area contributed by atoms with E-state index >= 15 is 0 Å². The zero-order valence-electron chi connectivity index (χ0n) is 17.3. The smallest absolute Gasteiger partial charge is 0.254 e. The lowest BCUT2D eigenvalue weighted by Crippen LogP contribution is -2.78. The van der Waals surface area contributed by atoms with Crippen LogP contribution in [0.3, 0.4) is 0 Å². The third-order valence-corrected chi connectivity index (χ3v) is 8.91. The first-order chi connectivity index (χ1) is 14.9. The van der Waals surface area contributed by atoms with Crippen LogP contribution in [0, 0.1) is 5.92 Å². The molecule has 0 aromatic heterocycles. The average Bonchev–Trinajstić information content (AvgIpc) is 3.40. The highest BCUT2D eigenvalue weighted by molar-refractivity contribution is 6.13. The van der Waals surface area contributed by atoms with E-state index in [9.17, 15) is 19.8 Å². The molecule has 1 saturated heterocycles. The van der Waals surface area contributed by atoms with Crippen LogP contribution in [0.5, 0.6) is 11.5 Å². The summed E-state index contributed by atoms with van der Waals surface area (Å²) in [5, 5.41) is 23.0. The van der Waals surface area contributed by atoms with E-state index in [0.29, 0.717) is 25.0 Å². The van der Waals surface area contributed by atoms with Gasteiger partial charge in [-0.05, 0) is 62.6 Å². The Kier molecular flexibility index (Phi) is 3.35. The predicted molar refractivity (Wildman–Crippen MR) is 110 cm³/mol. The summed E-state index contributed by atoms with van der Waals surface area (Å²) in [6.45, 7) is 1.87. The summed E-state index contributed by atoms with van der Waals surface area (Å²) in [6, 6.07) is 3.17. The molecule has 31 heavy (non-hydrogen) atoms. The first kappa shape index (κ1) is 18.2. The minimum atomic E-state index is -1.01. The topological polar surface area (TPSA) is 90.3 Å². The number of imide groups is 1. The molecule has 0 unspecified atom stereocenters. The van der Waals surface area contributed by atoms with Gasteiger partial charge in [-0.25, -0.2) is 0 Å². The summed E-state index contributed by atoms with van der Waals surface area (Å²) in [5.74, 6) is 0.597. The van der Waals surface area contributed by atoms with Gasteiger partial charge in [-0.3, -0.25) is 19.4 Å². The predicted octanol–water partition coefficient (Wildman–Crippen LogP) is 1.25. The second kappa shape index (κ2) is 5.70. The van der Waals surface area contributed by atoms with E-state index in [-0.39, 0.29) is 23.6 Å². The molecule has 3 fully saturated rings. The van der Waals surface area contributed by atoms with Crippen LogP contribution in [0.15, 0.2) is 24.3 Å². The van der Waals surface area contributed by atoms with Crippen LogP contribution >= 0.6 is 0 Å². The minimum Gasteiger partial charge on any atom is -0.504 e. The van der Waals surface area contributed by atoms with Crippen LogP contribution in [0.2, 0.25) is 0 Å². The quantitative estimate of drug-likeness (QED) is 0.713. The van der Waals surface area contributed by atoms with E-state index in [1.54, 1.807) is 6.07 Å². The Morgan fingerprint density at radius 1 is 1.10 bits per heavy atom. The number of amides is 2. The lowest BCUT2D eigenvalue weighted by molar-refractivity contribution is -0.201. The van der Waals surface area contributed by atoms with Crippen molar-refractivity contribution >= 4 is 11.8 Å². The molecule has 3 aliphatic heterocycles. The van der Waals surface area contributed by atoms with E-state index in [1.807, 2.05) is 6.07 Å². The number of hydrogen-bond acceptors (Lipinski definition) is 6. The average molecular weight is 422 g/mol. The molecule has 7 nitrogen and oxygen atoms in total. The van der Waals surface area contributed by atoms with Gasteiger partial charge in [0, 0.05) is 30.3 Å². The number of piperidine rings is 1. The zero-order valence-corrected chi connectivity index (χ0v) is 17.3. The summed E-state index contributed by atoms with van der Waals surface area (Å²) < 4.78 is 6.42. The Morgan fingerprint density at radius 3 is 2.61 bits per heavy atom. The number of carbonyl (C=O) groups is 2. The number of aromatic hydroxyl groups is 1. The van der Waals surface area contributed by atoms with Crippen LogP contribution in [-0.2, 0) is 21.4 Å². The van der Waals surface area contributed by atoms with Gasteiger partial charge in [0.1, 0.15) is 6.10 Å². The number of rotatable bonds is 3. The van der Waals surface area contributed by atoms with Gasteiger partial charge in [0.25, 0.3) is 11.8 Å². The summed E-state index contributed by atoms with van der Waals surface area (Å²) in [7, 11) is 0. The van der Waals surface area contributed by atoms with Gasteiger partial charge in [-0.2, -0.15) is 0 Å². The first-order valence-electron chi connectivity index (χ1n) is 11.5. The molecule has 2 amide bonds. The number of ether oxygens (including phenoxy) is 1. The molecular weight excluding hydrogens is 396 g/mol. The monoisotopic (exact) mass is 422 g/mol. The molecule has 2 bridgehead atoms. The fraction of sp³-hybridized carbons (Fsp3) is 0.583. The molecule has 1 aromatic carbocycles. The van der Waals surface area contributed by atoms with Crippen LogP contribution in [0.25, 0.3) is 0 Å². The van der Waals surface area contributed by atoms with Crippen molar-refractivity contribution in [2.24, 2.45) is 5.92 Å². The Hall–Kier alpha value is -2.38. The molecule has 3 heterocycles. The molecule has 2 saturated carbocycles. The largest absolute Gasteiger partial charge is 0.504 e. The van der Waals surface area contributed by atoms with Crippen LogP contribution in [-0.4, -0.2) is 68.7 Å². The molecule has 162 valence electrons. The van der Waals surface area contributed by atoms with Crippen molar-refractivity contribution in [1.82, 2.24) is 9.80 Å². The van der Waals surface area contributed by atoms with Crippen molar-refractivity contribution in [2.75, 3.05) is 13.1 Å². The number of carbonyl (C=O) groups excluding carboxylic acids is 2. The van der Waals surface area contributed by atoms with E-state index in [2.05, 4.69) is 4.90 Å². The second-order valence-electron chi connectivity index (χ2n) is 10.3. The zero-order chi connectivity index (χ0) is 21.1. The molecule has 7 heteroatoms. The fourth-order valence-electron chi connectivity index (χ4n) is 7.46. The van der Waals surface area contributed by atoms with Gasteiger partial charge in [0.2, 0.25) is 0 Å². The number of aliphatic hydroxyl groups is 1. The molecule has 1 aromatic rings. The van der Waals surface area contributed by atoms with Gasteiger partial charge in [-0.1, -0.05) is 6.07 Å². The van der Waals surface area contributed by atoms with Crippen molar-refractivity contribution in [3.63, 3.8) is 0 Å². The number of phenols is 1. The Labute approximate surface area is 180 Å². The minimum absolute atomic E-state index is 0.0139. The molecule has 7 rings (SSSR count). The SMILES string of the molecule is O=C1C=CC(=O)N1[C@@H]1CC[C@@]2(O)[C@H]3Cc4ccc(O)c5c4[C@@]2(CCN3CC2CC2)[C@@H]1O5. The number of likely N-dealkylation sites (tertiary alicyclic amines) is 1. The molecule has 3 aliphatic carbocycles. The second-order valence-corrected chi connectivity index (χ2v) is 10.3.